The molecule has 1 rings (SSSR count). The third-order valence-corrected chi connectivity index (χ3v) is 4.90. The maximum Gasteiger partial charge on any atom is 0.335 e. The molecular weight excluding hydrogens is 310 g/mol. The third kappa shape index (κ3) is 10.3. The summed E-state index contributed by atoms with van der Waals surface area (Å²) in [7, 11) is 4.47. The van der Waals surface area contributed by atoms with Crippen LogP contribution >= 0.6 is 0 Å². The normalized spacial score (nSPS) is 11.6. The van der Waals surface area contributed by atoms with Crippen LogP contribution in [0.15, 0.2) is 24.3 Å². The van der Waals surface area contributed by atoms with E-state index in [1.165, 1.54) is 64.2 Å². The molecule has 0 fully saturated rings. The predicted octanol–water partition coefficient (Wildman–Crippen LogP) is 5.88. The Labute approximate surface area is 154 Å². The van der Waals surface area contributed by atoms with Crippen molar-refractivity contribution in [2.45, 2.75) is 77.7 Å². The van der Waals surface area contributed by atoms with Crippen LogP contribution in [0, 0.1) is 0 Å². The molecule has 0 heterocycles. The van der Waals surface area contributed by atoms with Crippen LogP contribution in [0.1, 0.15) is 87.1 Å². The summed E-state index contributed by atoms with van der Waals surface area (Å²) in [4.78, 5) is 11.1. The summed E-state index contributed by atoms with van der Waals surface area (Å²) in [5.41, 5.74) is 1.49. The van der Waals surface area contributed by atoms with Crippen molar-refractivity contribution >= 4 is 5.97 Å². The lowest BCUT2D eigenvalue weighted by Gasteiger charge is -2.30. The highest BCUT2D eigenvalue weighted by Gasteiger charge is 2.16. The maximum absolute atomic E-state index is 11.1. The van der Waals surface area contributed by atoms with Gasteiger partial charge in [-0.1, -0.05) is 70.4 Å². The molecule has 25 heavy (non-hydrogen) atoms. The van der Waals surface area contributed by atoms with Crippen LogP contribution in [-0.2, 0) is 6.54 Å². The summed E-state index contributed by atoms with van der Waals surface area (Å²) in [5.74, 6) is -0.846. The van der Waals surface area contributed by atoms with Crippen LogP contribution in [0.2, 0.25) is 0 Å². The van der Waals surface area contributed by atoms with E-state index >= 15 is 0 Å². The lowest BCUT2D eigenvalue weighted by molar-refractivity contribution is -0.903. The fourth-order valence-corrected chi connectivity index (χ4v) is 3.40. The highest BCUT2D eigenvalue weighted by Crippen LogP contribution is 2.15. The van der Waals surface area contributed by atoms with Gasteiger partial charge >= 0.3 is 5.97 Å². The molecule has 0 bridgehead atoms. The Morgan fingerprint density at radius 3 is 2.04 bits per heavy atom. The minimum absolute atomic E-state index is 0.386. The highest BCUT2D eigenvalue weighted by molar-refractivity contribution is 5.87. The maximum atomic E-state index is 11.1. The molecule has 3 heteroatoms. The van der Waals surface area contributed by atoms with Crippen LogP contribution < -0.4 is 0 Å². The van der Waals surface area contributed by atoms with Crippen molar-refractivity contribution in [3.63, 3.8) is 0 Å². The predicted molar refractivity (Wildman–Crippen MR) is 106 cm³/mol. The van der Waals surface area contributed by atoms with Gasteiger partial charge in [0.1, 0.15) is 6.54 Å². The average Bonchev–Trinajstić information content (AvgIpc) is 2.56. The molecule has 0 saturated heterocycles. The second-order valence-corrected chi connectivity index (χ2v) is 8.00. The molecule has 0 amide bonds. The highest BCUT2D eigenvalue weighted by atomic mass is 16.4. The van der Waals surface area contributed by atoms with E-state index in [1.807, 2.05) is 12.1 Å². The van der Waals surface area contributed by atoms with Gasteiger partial charge in [-0.15, -0.1) is 0 Å². The fraction of sp³-hybridized carbons (Fsp3) is 0.682. The molecule has 0 aliphatic carbocycles. The number of quaternary nitrogens is 1. The molecule has 3 nitrogen and oxygen atoms in total. The number of hydrogen-bond donors (Lipinski definition) is 1. The number of aromatic carboxylic acids is 1. The molecular formula is C22H38NO2+. The van der Waals surface area contributed by atoms with E-state index in [0.717, 1.165) is 23.1 Å². The van der Waals surface area contributed by atoms with Crippen molar-refractivity contribution < 1.29 is 14.4 Å². The molecule has 1 aromatic rings. The summed E-state index contributed by atoms with van der Waals surface area (Å²) in [6.45, 7) is 4.30. The van der Waals surface area contributed by atoms with Crippen molar-refractivity contribution in [2.75, 3.05) is 20.6 Å². The van der Waals surface area contributed by atoms with Crippen LogP contribution in [-0.4, -0.2) is 36.2 Å². The van der Waals surface area contributed by atoms with Crippen molar-refractivity contribution in [1.82, 2.24) is 0 Å². The van der Waals surface area contributed by atoms with E-state index in [2.05, 4.69) is 21.0 Å². The first-order valence-electron chi connectivity index (χ1n) is 10.1. The van der Waals surface area contributed by atoms with E-state index in [9.17, 15) is 4.79 Å². The third-order valence-electron chi connectivity index (χ3n) is 4.90. The van der Waals surface area contributed by atoms with Gasteiger partial charge in [-0.3, -0.25) is 0 Å². The number of carboxylic acids is 1. The first kappa shape index (κ1) is 21.7. The van der Waals surface area contributed by atoms with Gasteiger partial charge in [0.25, 0.3) is 0 Å². The molecule has 0 aliphatic heterocycles. The van der Waals surface area contributed by atoms with Crippen molar-refractivity contribution in [1.29, 1.82) is 0 Å². The smallest absolute Gasteiger partial charge is 0.335 e. The zero-order valence-corrected chi connectivity index (χ0v) is 16.6. The first-order valence-corrected chi connectivity index (χ1v) is 10.1. The lowest BCUT2D eigenvalue weighted by atomic mass is 10.1. The Morgan fingerprint density at radius 1 is 0.920 bits per heavy atom. The van der Waals surface area contributed by atoms with Gasteiger partial charge in [0.05, 0.1) is 26.2 Å². The molecule has 0 radical (unpaired) electrons. The van der Waals surface area contributed by atoms with E-state index in [-0.39, 0.29) is 0 Å². The van der Waals surface area contributed by atoms with Crippen molar-refractivity contribution in [2.24, 2.45) is 0 Å². The van der Waals surface area contributed by atoms with Gasteiger partial charge in [-0.25, -0.2) is 4.79 Å². The topological polar surface area (TPSA) is 37.3 Å². The second kappa shape index (κ2) is 12.1. The van der Waals surface area contributed by atoms with E-state index < -0.39 is 5.97 Å². The Morgan fingerprint density at radius 2 is 1.48 bits per heavy atom. The quantitative estimate of drug-likeness (QED) is 0.336. The van der Waals surface area contributed by atoms with Crippen LogP contribution in [0.25, 0.3) is 0 Å². The largest absolute Gasteiger partial charge is 0.478 e. The fourth-order valence-electron chi connectivity index (χ4n) is 3.40. The zero-order chi connectivity index (χ0) is 18.5. The van der Waals surface area contributed by atoms with Gasteiger partial charge in [-0.05, 0) is 25.0 Å². The SMILES string of the molecule is CCCCCCCCCCCC[N+](C)(C)Cc1cccc(C(=O)O)c1. The molecule has 0 saturated carbocycles. The summed E-state index contributed by atoms with van der Waals surface area (Å²) in [6, 6.07) is 7.35. The Balaban J connectivity index is 2.17. The molecule has 1 aromatic carbocycles. The summed E-state index contributed by atoms with van der Waals surface area (Å²) in [5, 5.41) is 9.11. The van der Waals surface area contributed by atoms with E-state index in [4.69, 9.17) is 5.11 Å². The van der Waals surface area contributed by atoms with Gasteiger partial charge in [-0.2, -0.15) is 0 Å². The Kier molecular flexibility index (Phi) is 10.5. The minimum atomic E-state index is -0.846. The molecule has 0 aliphatic rings. The van der Waals surface area contributed by atoms with Crippen molar-refractivity contribution in [3.8, 4) is 0 Å². The summed E-state index contributed by atoms with van der Waals surface area (Å²) < 4.78 is 0.917. The number of nitrogens with zero attached hydrogens (tertiary/aromatic N) is 1. The molecule has 142 valence electrons. The number of carboxylic acid groups (broad SMARTS) is 1. The number of unbranched alkanes of at least 4 members (excludes halogenated alkanes) is 9. The Hall–Kier alpha value is -1.35. The number of benzene rings is 1. The number of rotatable bonds is 14. The van der Waals surface area contributed by atoms with Gasteiger partial charge < -0.3 is 9.59 Å². The van der Waals surface area contributed by atoms with Gasteiger partial charge in [0.2, 0.25) is 0 Å². The zero-order valence-electron chi connectivity index (χ0n) is 16.6. The average molecular weight is 349 g/mol. The molecule has 0 unspecified atom stereocenters. The number of hydrogen-bond acceptors (Lipinski definition) is 1. The summed E-state index contributed by atoms with van der Waals surface area (Å²) in [6.07, 6.45) is 13.6. The van der Waals surface area contributed by atoms with Crippen LogP contribution in [0.4, 0.5) is 0 Å². The minimum Gasteiger partial charge on any atom is -0.478 e. The Bertz CT molecular complexity index is 497. The molecule has 0 spiro atoms. The molecule has 1 N–H and O–H groups in total. The van der Waals surface area contributed by atoms with Crippen LogP contribution in [0.5, 0.6) is 0 Å². The summed E-state index contributed by atoms with van der Waals surface area (Å²) >= 11 is 0. The molecule has 0 aromatic heterocycles. The number of carbonyl (C=O) groups is 1. The van der Waals surface area contributed by atoms with E-state index in [0.29, 0.717) is 5.56 Å². The van der Waals surface area contributed by atoms with Gasteiger partial charge in [0, 0.05) is 5.56 Å². The lowest BCUT2D eigenvalue weighted by Crippen LogP contribution is -2.39. The second-order valence-electron chi connectivity index (χ2n) is 8.00. The van der Waals surface area contributed by atoms with Gasteiger partial charge in [0.15, 0.2) is 0 Å². The van der Waals surface area contributed by atoms with Crippen molar-refractivity contribution in [3.05, 3.63) is 35.4 Å². The standard InChI is InChI=1S/C22H37NO2/c1-4-5-6-7-8-9-10-11-12-13-17-23(2,3)19-20-15-14-16-21(18-20)22(24)25/h14-16,18H,4-13,17,19H2,1-3H3/p+1. The van der Waals surface area contributed by atoms with E-state index in [1.54, 1.807) is 12.1 Å². The van der Waals surface area contributed by atoms with Crippen LogP contribution in [0.3, 0.4) is 0 Å². The molecule has 0 atom stereocenters. The monoisotopic (exact) mass is 348 g/mol. The first-order chi connectivity index (χ1) is 11.9.